The Kier molecular flexibility index (Phi) is 7.51. The predicted octanol–water partition coefficient (Wildman–Crippen LogP) is 2.53. The van der Waals surface area contributed by atoms with Gasteiger partial charge in [0.2, 0.25) is 0 Å². The average molecular weight is 325 g/mol. The number of phenolic OH excluding ortho intramolecular Hbond substituents is 1. The van der Waals surface area contributed by atoms with Gasteiger partial charge >= 0.3 is 34.1 Å². The van der Waals surface area contributed by atoms with Gasteiger partial charge in [0.05, 0.1) is 0 Å². The molecule has 92 valence electrons. The fourth-order valence-corrected chi connectivity index (χ4v) is 1.16. The van der Waals surface area contributed by atoms with Crippen LogP contribution in [0.5, 0.6) is 5.75 Å². The molecule has 0 saturated heterocycles. The summed E-state index contributed by atoms with van der Waals surface area (Å²) in [6, 6.07) is 12.5. The third kappa shape index (κ3) is 4.71. The molecule has 3 nitrogen and oxygen atoms in total. The molecular weight excluding hydrogens is 315 g/mol. The molecule has 5 heteroatoms. The molecule has 0 aliphatic carbocycles. The number of nitrogens with zero attached hydrogens (tertiary/aromatic N) is 2. The van der Waals surface area contributed by atoms with Crippen molar-refractivity contribution in [3.8, 4) is 5.75 Å². The quantitative estimate of drug-likeness (QED) is 0.681. The van der Waals surface area contributed by atoms with Gasteiger partial charge in [-0.25, -0.2) is 9.98 Å². The van der Waals surface area contributed by atoms with Gasteiger partial charge in [0.25, 0.3) is 0 Å². The van der Waals surface area contributed by atoms with Gasteiger partial charge in [0.15, 0.2) is 5.82 Å². The van der Waals surface area contributed by atoms with Crippen molar-refractivity contribution in [2.45, 2.75) is 0 Å². The first-order valence-electron chi connectivity index (χ1n) is 4.59. The number of hydrogen-bond acceptors (Lipinski definition) is 3. The minimum absolute atomic E-state index is 0. The SMILES string of the molecule is Oc1ccccc1/C=N/c1ccccn1.[Cu+2].[Cu+2]. The van der Waals surface area contributed by atoms with Crippen LogP contribution in [0.25, 0.3) is 0 Å². The van der Waals surface area contributed by atoms with E-state index in [0.29, 0.717) is 11.4 Å². The summed E-state index contributed by atoms with van der Waals surface area (Å²) in [4.78, 5) is 8.19. The van der Waals surface area contributed by atoms with Crippen molar-refractivity contribution in [2.24, 2.45) is 4.99 Å². The summed E-state index contributed by atoms with van der Waals surface area (Å²) in [6.45, 7) is 0. The van der Waals surface area contributed by atoms with E-state index >= 15 is 0 Å². The van der Waals surface area contributed by atoms with Gasteiger partial charge in [0, 0.05) is 18.0 Å². The van der Waals surface area contributed by atoms with Crippen LogP contribution >= 0.6 is 0 Å². The van der Waals surface area contributed by atoms with E-state index in [9.17, 15) is 5.11 Å². The molecule has 0 aliphatic heterocycles. The molecule has 2 aromatic rings. The van der Waals surface area contributed by atoms with Crippen LogP contribution in [0.2, 0.25) is 0 Å². The van der Waals surface area contributed by atoms with Crippen molar-refractivity contribution in [2.75, 3.05) is 0 Å². The molecule has 2 rings (SSSR count). The average Bonchev–Trinajstić information content (AvgIpc) is 2.29. The van der Waals surface area contributed by atoms with Gasteiger partial charge in [0.1, 0.15) is 5.75 Å². The number of rotatable bonds is 2. The first-order valence-corrected chi connectivity index (χ1v) is 4.59. The number of pyridine rings is 1. The topological polar surface area (TPSA) is 45.5 Å². The molecule has 0 fully saturated rings. The number of aromatic nitrogens is 1. The van der Waals surface area contributed by atoms with Gasteiger partial charge in [-0.05, 0) is 24.3 Å². The molecule has 0 aliphatic rings. The normalized spacial score (nSPS) is 9.41. The van der Waals surface area contributed by atoms with Crippen LogP contribution in [0.4, 0.5) is 5.82 Å². The van der Waals surface area contributed by atoms with Crippen molar-refractivity contribution in [1.82, 2.24) is 4.98 Å². The van der Waals surface area contributed by atoms with E-state index in [4.69, 9.17) is 0 Å². The second-order valence-electron chi connectivity index (χ2n) is 3.00. The monoisotopic (exact) mass is 324 g/mol. The molecule has 1 aromatic heterocycles. The fourth-order valence-electron chi connectivity index (χ4n) is 1.16. The minimum Gasteiger partial charge on any atom is -0.507 e. The summed E-state index contributed by atoms with van der Waals surface area (Å²) < 4.78 is 0. The van der Waals surface area contributed by atoms with Crippen LogP contribution in [0.15, 0.2) is 53.7 Å². The van der Waals surface area contributed by atoms with Crippen LogP contribution in [-0.4, -0.2) is 16.3 Å². The molecule has 0 atom stereocenters. The van der Waals surface area contributed by atoms with Gasteiger partial charge in [-0.3, -0.25) is 0 Å². The van der Waals surface area contributed by atoms with Crippen LogP contribution in [0.3, 0.4) is 0 Å². The Morgan fingerprint density at radius 3 is 2.35 bits per heavy atom. The largest absolute Gasteiger partial charge is 2.00 e. The summed E-state index contributed by atoms with van der Waals surface area (Å²) >= 11 is 0. The Hall–Kier alpha value is -1.12. The molecule has 17 heavy (non-hydrogen) atoms. The van der Waals surface area contributed by atoms with Crippen LogP contribution in [-0.2, 0) is 34.1 Å². The number of para-hydroxylation sites is 1. The standard InChI is InChI=1S/C12H10N2O.2Cu/c15-11-6-2-1-5-10(11)9-14-12-7-3-4-8-13-12;;/h1-9,15H;;/q;2*+2/b14-9+;;. The Bertz CT molecular complexity index is 475. The van der Waals surface area contributed by atoms with Crippen molar-refractivity contribution in [3.05, 3.63) is 54.2 Å². The third-order valence-electron chi connectivity index (χ3n) is 1.92. The molecule has 0 saturated carbocycles. The number of hydrogen-bond donors (Lipinski definition) is 1. The van der Waals surface area contributed by atoms with E-state index in [-0.39, 0.29) is 39.9 Å². The second-order valence-corrected chi connectivity index (χ2v) is 3.00. The van der Waals surface area contributed by atoms with Gasteiger partial charge in [-0.1, -0.05) is 18.2 Å². The molecule has 0 spiro atoms. The summed E-state index contributed by atoms with van der Waals surface area (Å²) in [6.07, 6.45) is 3.27. The molecule has 2 radical (unpaired) electrons. The minimum atomic E-state index is 0. The van der Waals surface area contributed by atoms with Gasteiger partial charge in [-0.15, -0.1) is 0 Å². The number of aromatic hydroxyl groups is 1. The van der Waals surface area contributed by atoms with Crippen LogP contribution in [0.1, 0.15) is 5.56 Å². The van der Waals surface area contributed by atoms with E-state index in [0.717, 1.165) is 0 Å². The predicted molar refractivity (Wildman–Crippen MR) is 59.6 cm³/mol. The summed E-state index contributed by atoms with van der Waals surface area (Å²) in [5, 5.41) is 9.48. The van der Waals surface area contributed by atoms with E-state index in [2.05, 4.69) is 9.98 Å². The second kappa shape index (κ2) is 8.04. The van der Waals surface area contributed by atoms with Crippen molar-refractivity contribution in [3.63, 3.8) is 0 Å². The number of phenols is 1. The third-order valence-corrected chi connectivity index (χ3v) is 1.92. The van der Waals surface area contributed by atoms with Crippen molar-refractivity contribution in [1.29, 1.82) is 0 Å². The van der Waals surface area contributed by atoms with Gasteiger partial charge < -0.3 is 5.11 Å². The summed E-state index contributed by atoms with van der Waals surface area (Å²) in [5.41, 5.74) is 0.683. The number of aliphatic imine (C=N–C) groups is 1. The summed E-state index contributed by atoms with van der Waals surface area (Å²) in [7, 11) is 0. The van der Waals surface area contributed by atoms with Crippen molar-refractivity contribution >= 4 is 12.0 Å². The summed E-state index contributed by atoms with van der Waals surface area (Å²) in [5.74, 6) is 0.845. The zero-order valence-corrected chi connectivity index (χ0v) is 10.5. The molecule has 0 amide bonds. The molecule has 1 N–H and O–H groups in total. The van der Waals surface area contributed by atoms with E-state index in [1.54, 1.807) is 36.7 Å². The molecule has 0 bridgehead atoms. The molecule has 1 aromatic carbocycles. The molecule has 1 heterocycles. The van der Waals surface area contributed by atoms with Crippen molar-refractivity contribution < 1.29 is 39.2 Å². The Balaban J connectivity index is 0.00000128. The molecular formula is C12H10Cu2N2O+4. The maximum Gasteiger partial charge on any atom is 2.00 e. The Morgan fingerprint density at radius 1 is 1.00 bits per heavy atom. The van der Waals surface area contributed by atoms with E-state index in [1.165, 1.54) is 0 Å². The zero-order chi connectivity index (χ0) is 10.5. The van der Waals surface area contributed by atoms with Crippen LogP contribution in [0, 0.1) is 0 Å². The first-order chi connectivity index (χ1) is 7.36. The molecule has 0 unspecified atom stereocenters. The van der Waals surface area contributed by atoms with E-state index < -0.39 is 0 Å². The Labute approximate surface area is 121 Å². The van der Waals surface area contributed by atoms with Crippen LogP contribution < -0.4 is 0 Å². The van der Waals surface area contributed by atoms with Gasteiger partial charge in [-0.2, -0.15) is 0 Å². The maximum atomic E-state index is 9.48. The zero-order valence-electron chi connectivity index (χ0n) is 8.64. The Morgan fingerprint density at radius 2 is 1.71 bits per heavy atom. The number of benzene rings is 1. The first kappa shape index (κ1) is 15.9. The smallest absolute Gasteiger partial charge is 0.507 e. The fraction of sp³-hybridized carbons (Fsp3) is 0. The maximum absolute atomic E-state index is 9.48. The van der Waals surface area contributed by atoms with E-state index in [1.807, 2.05) is 18.2 Å².